The Morgan fingerprint density at radius 1 is 1.50 bits per heavy atom. The third kappa shape index (κ3) is 3.48. The van der Waals surface area contributed by atoms with Crippen molar-refractivity contribution in [1.82, 2.24) is 5.32 Å². The van der Waals surface area contributed by atoms with E-state index in [1.165, 1.54) is 0 Å². The second-order valence-electron chi connectivity index (χ2n) is 3.64. The van der Waals surface area contributed by atoms with Gasteiger partial charge in [-0.05, 0) is 19.8 Å². The average molecular weight is 209 g/mol. The molecule has 2 N–H and O–H groups in total. The van der Waals surface area contributed by atoms with Gasteiger partial charge in [0.1, 0.15) is 6.61 Å². The summed E-state index contributed by atoms with van der Waals surface area (Å²) in [4.78, 5) is 0. The lowest BCUT2D eigenvalue weighted by Crippen LogP contribution is -2.49. The van der Waals surface area contributed by atoms with Crippen LogP contribution >= 0.6 is 0 Å². The first kappa shape index (κ1) is 11.8. The predicted octanol–water partition coefficient (Wildman–Crippen LogP) is 0.771. The Balaban J connectivity index is 2.06. The highest BCUT2D eigenvalue weighted by Gasteiger charge is 2.33. The molecule has 0 heterocycles. The SMILES string of the molecule is CCOC1CC(NCC(F)(F)CO)C1. The van der Waals surface area contributed by atoms with E-state index in [1.807, 2.05) is 6.92 Å². The van der Waals surface area contributed by atoms with Crippen LogP contribution in [0.1, 0.15) is 19.8 Å². The van der Waals surface area contributed by atoms with Crippen molar-refractivity contribution in [2.24, 2.45) is 0 Å². The fourth-order valence-electron chi connectivity index (χ4n) is 1.45. The highest BCUT2D eigenvalue weighted by molar-refractivity contribution is 4.87. The van der Waals surface area contributed by atoms with Gasteiger partial charge in [-0.2, -0.15) is 0 Å². The Hall–Kier alpha value is -0.260. The summed E-state index contributed by atoms with van der Waals surface area (Å²) in [6, 6.07) is 0.115. The van der Waals surface area contributed by atoms with E-state index < -0.39 is 19.1 Å². The summed E-state index contributed by atoms with van der Waals surface area (Å²) >= 11 is 0. The van der Waals surface area contributed by atoms with Crippen LogP contribution in [-0.4, -0.2) is 42.9 Å². The number of alkyl halides is 2. The van der Waals surface area contributed by atoms with Crippen molar-refractivity contribution in [3.8, 4) is 0 Å². The van der Waals surface area contributed by atoms with Gasteiger partial charge in [0.25, 0.3) is 5.92 Å². The van der Waals surface area contributed by atoms with Crippen molar-refractivity contribution in [2.45, 2.75) is 37.8 Å². The van der Waals surface area contributed by atoms with Crippen molar-refractivity contribution < 1.29 is 18.6 Å². The molecular weight excluding hydrogens is 192 g/mol. The number of hydrogen-bond donors (Lipinski definition) is 2. The van der Waals surface area contributed by atoms with Crippen LogP contribution in [-0.2, 0) is 4.74 Å². The predicted molar refractivity (Wildman–Crippen MR) is 48.5 cm³/mol. The topological polar surface area (TPSA) is 41.5 Å². The molecule has 1 fully saturated rings. The van der Waals surface area contributed by atoms with Gasteiger partial charge in [0.05, 0.1) is 12.6 Å². The molecule has 0 aromatic carbocycles. The highest BCUT2D eigenvalue weighted by atomic mass is 19.3. The molecule has 0 radical (unpaired) electrons. The van der Waals surface area contributed by atoms with Crippen LogP contribution in [0.15, 0.2) is 0 Å². The Bertz CT molecular complexity index is 172. The van der Waals surface area contributed by atoms with Crippen molar-refractivity contribution in [1.29, 1.82) is 0 Å². The smallest absolute Gasteiger partial charge is 0.282 e. The van der Waals surface area contributed by atoms with Gasteiger partial charge < -0.3 is 15.2 Å². The number of hydrogen-bond acceptors (Lipinski definition) is 3. The maximum Gasteiger partial charge on any atom is 0.282 e. The minimum absolute atomic E-state index is 0.115. The summed E-state index contributed by atoms with van der Waals surface area (Å²) < 4.78 is 30.4. The second-order valence-corrected chi connectivity index (χ2v) is 3.64. The fraction of sp³-hybridized carbons (Fsp3) is 1.00. The number of aliphatic hydroxyl groups excluding tert-OH is 1. The van der Waals surface area contributed by atoms with Gasteiger partial charge in [0.15, 0.2) is 0 Å². The van der Waals surface area contributed by atoms with Gasteiger partial charge in [0.2, 0.25) is 0 Å². The highest BCUT2D eigenvalue weighted by Crippen LogP contribution is 2.24. The molecule has 0 aromatic heterocycles. The first-order valence-corrected chi connectivity index (χ1v) is 4.91. The molecular formula is C9H17F2NO2. The molecule has 0 saturated heterocycles. The molecule has 1 rings (SSSR count). The lowest BCUT2D eigenvalue weighted by atomic mass is 9.89. The maximum atomic E-state index is 12.6. The molecule has 0 aliphatic heterocycles. The van der Waals surface area contributed by atoms with Crippen LogP contribution in [0, 0.1) is 0 Å². The van der Waals surface area contributed by atoms with Gasteiger partial charge >= 0.3 is 0 Å². The minimum atomic E-state index is -3.00. The van der Waals surface area contributed by atoms with Gasteiger partial charge in [-0.25, -0.2) is 8.78 Å². The van der Waals surface area contributed by atoms with Crippen LogP contribution in [0.4, 0.5) is 8.78 Å². The molecule has 5 heteroatoms. The zero-order chi connectivity index (χ0) is 10.6. The van der Waals surface area contributed by atoms with E-state index >= 15 is 0 Å². The zero-order valence-corrected chi connectivity index (χ0v) is 8.30. The summed E-state index contributed by atoms with van der Waals surface area (Å²) in [6.45, 7) is 1.04. The Morgan fingerprint density at radius 2 is 2.14 bits per heavy atom. The van der Waals surface area contributed by atoms with Gasteiger partial charge in [0, 0.05) is 12.6 Å². The molecule has 0 atom stereocenters. The molecule has 0 bridgehead atoms. The maximum absolute atomic E-state index is 12.6. The summed E-state index contributed by atoms with van der Waals surface area (Å²) in [5.74, 6) is -3.00. The van der Waals surface area contributed by atoms with Crippen LogP contribution < -0.4 is 5.32 Å². The number of nitrogens with one attached hydrogen (secondary N) is 1. The molecule has 1 aliphatic carbocycles. The molecule has 14 heavy (non-hydrogen) atoms. The molecule has 1 aliphatic rings. The van der Waals surface area contributed by atoms with E-state index in [0.29, 0.717) is 6.61 Å². The van der Waals surface area contributed by atoms with E-state index in [1.54, 1.807) is 0 Å². The van der Waals surface area contributed by atoms with E-state index in [2.05, 4.69) is 5.32 Å². The third-order valence-corrected chi connectivity index (χ3v) is 2.38. The molecule has 1 saturated carbocycles. The lowest BCUT2D eigenvalue weighted by Gasteiger charge is -2.36. The van der Waals surface area contributed by atoms with Crippen molar-refractivity contribution in [2.75, 3.05) is 19.8 Å². The average Bonchev–Trinajstić information content (AvgIpc) is 2.09. The largest absolute Gasteiger partial charge is 0.390 e. The summed E-state index contributed by atoms with van der Waals surface area (Å²) in [5.41, 5.74) is 0. The van der Waals surface area contributed by atoms with Gasteiger partial charge in [-0.15, -0.1) is 0 Å². The van der Waals surface area contributed by atoms with Gasteiger partial charge in [-0.3, -0.25) is 0 Å². The molecule has 84 valence electrons. The summed E-state index contributed by atoms with van der Waals surface area (Å²) in [7, 11) is 0. The fourth-order valence-corrected chi connectivity index (χ4v) is 1.45. The van der Waals surface area contributed by atoms with Crippen molar-refractivity contribution in [3.05, 3.63) is 0 Å². The third-order valence-electron chi connectivity index (χ3n) is 2.38. The summed E-state index contributed by atoms with van der Waals surface area (Å²) in [6.07, 6.45) is 1.80. The lowest BCUT2D eigenvalue weighted by molar-refractivity contribution is -0.0603. The van der Waals surface area contributed by atoms with Crippen molar-refractivity contribution >= 4 is 0 Å². The monoisotopic (exact) mass is 209 g/mol. The molecule has 0 spiro atoms. The number of aliphatic hydroxyl groups is 1. The molecule has 0 amide bonds. The summed E-state index contributed by atoms with van der Waals surface area (Å²) in [5, 5.41) is 11.0. The van der Waals surface area contributed by atoms with Crippen LogP contribution in [0.25, 0.3) is 0 Å². The van der Waals surface area contributed by atoms with Crippen molar-refractivity contribution in [3.63, 3.8) is 0 Å². The molecule has 0 unspecified atom stereocenters. The molecule has 0 aromatic rings. The zero-order valence-electron chi connectivity index (χ0n) is 8.30. The first-order chi connectivity index (χ1) is 6.57. The van der Waals surface area contributed by atoms with Gasteiger partial charge in [-0.1, -0.05) is 0 Å². The Kier molecular flexibility index (Phi) is 4.22. The van der Waals surface area contributed by atoms with E-state index in [0.717, 1.165) is 12.8 Å². The number of rotatable bonds is 6. The standard InChI is InChI=1S/C9H17F2NO2/c1-2-14-8-3-7(4-8)12-5-9(10,11)6-13/h7-8,12-13H,2-6H2,1H3. The van der Waals surface area contributed by atoms with Crippen LogP contribution in [0.5, 0.6) is 0 Å². The Labute approximate surface area is 82.4 Å². The molecule has 3 nitrogen and oxygen atoms in total. The number of ether oxygens (including phenoxy) is 1. The van der Waals surface area contributed by atoms with E-state index in [9.17, 15) is 8.78 Å². The second kappa shape index (κ2) is 5.00. The van der Waals surface area contributed by atoms with E-state index in [-0.39, 0.29) is 12.1 Å². The van der Waals surface area contributed by atoms with Crippen LogP contribution in [0.2, 0.25) is 0 Å². The van der Waals surface area contributed by atoms with E-state index in [4.69, 9.17) is 9.84 Å². The number of halogens is 2. The normalized spacial score (nSPS) is 27.4. The first-order valence-electron chi connectivity index (χ1n) is 4.91. The Morgan fingerprint density at radius 3 is 2.64 bits per heavy atom. The van der Waals surface area contributed by atoms with Crippen LogP contribution in [0.3, 0.4) is 0 Å². The quantitative estimate of drug-likeness (QED) is 0.679. The minimum Gasteiger partial charge on any atom is -0.390 e.